The Labute approximate surface area is 88.5 Å². The van der Waals surface area contributed by atoms with Gasteiger partial charge in [0.1, 0.15) is 0 Å². The molecule has 0 heterocycles. The molecule has 1 aliphatic carbocycles. The lowest BCUT2D eigenvalue weighted by molar-refractivity contribution is -0.384. The van der Waals surface area contributed by atoms with E-state index in [1.54, 1.807) is 12.1 Å². The summed E-state index contributed by atoms with van der Waals surface area (Å²) in [5.41, 5.74) is 1.10. The van der Waals surface area contributed by atoms with E-state index in [9.17, 15) is 10.1 Å². The standard InChI is InChI=1S/C11H14N2O2/c1-8-6-9(8)7-12-10-2-4-11(5-3-10)13(14)15/h2-5,8-9,12H,6-7H2,1H3. The van der Waals surface area contributed by atoms with Crippen molar-refractivity contribution >= 4 is 11.4 Å². The van der Waals surface area contributed by atoms with Crippen molar-refractivity contribution in [3.8, 4) is 0 Å². The zero-order valence-corrected chi connectivity index (χ0v) is 8.64. The van der Waals surface area contributed by atoms with Gasteiger partial charge in [-0.1, -0.05) is 6.92 Å². The van der Waals surface area contributed by atoms with Crippen LogP contribution in [0.25, 0.3) is 0 Å². The molecule has 1 aliphatic rings. The van der Waals surface area contributed by atoms with Gasteiger partial charge < -0.3 is 5.32 Å². The maximum Gasteiger partial charge on any atom is 0.269 e. The van der Waals surface area contributed by atoms with Gasteiger partial charge in [0.25, 0.3) is 5.69 Å². The lowest BCUT2D eigenvalue weighted by Crippen LogP contribution is -2.04. The quantitative estimate of drug-likeness (QED) is 0.608. The van der Waals surface area contributed by atoms with Crippen LogP contribution in [0, 0.1) is 22.0 Å². The molecule has 1 N–H and O–H groups in total. The Bertz CT molecular complexity index is 361. The van der Waals surface area contributed by atoms with Crippen LogP contribution >= 0.6 is 0 Å². The van der Waals surface area contributed by atoms with Crippen molar-refractivity contribution in [1.29, 1.82) is 0 Å². The summed E-state index contributed by atoms with van der Waals surface area (Å²) in [6, 6.07) is 6.56. The first-order valence-electron chi connectivity index (χ1n) is 5.15. The molecule has 1 aromatic carbocycles. The van der Waals surface area contributed by atoms with Crippen molar-refractivity contribution in [3.05, 3.63) is 34.4 Å². The van der Waals surface area contributed by atoms with E-state index in [0.717, 1.165) is 24.1 Å². The Morgan fingerprint density at radius 3 is 2.53 bits per heavy atom. The zero-order valence-electron chi connectivity index (χ0n) is 8.64. The van der Waals surface area contributed by atoms with E-state index in [0.29, 0.717) is 0 Å². The lowest BCUT2D eigenvalue weighted by atomic mass is 10.2. The monoisotopic (exact) mass is 206 g/mol. The highest BCUT2D eigenvalue weighted by Crippen LogP contribution is 2.37. The fourth-order valence-corrected chi connectivity index (χ4v) is 1.63. The van der Waals surface area contributed by atoms with Crippen molar-refractivity contribution in [2.75, 3.05) is 11.9 Å². The highest BCUT2D eigenvalue weighted by Gasteiger charge is 2.31. The molecule has 0 spiro atoms. The largest absolute Gasteiger partial charge is 0.385 e. The molecular formula is C11H14N2O2. The van der Waals surface area contributed by atoms with Gasteiger partial charge in [0.2, 0.25) is 0 Å². The molecule has 0 saturated heterocycles. The molecule has 15 heavy (non-hydrogen) atoms. The maximum atomic E-state index is 10.4. The number of anilines is 1. The lowest BCUT2D eigenvalue weighted by Gasteiger charge is -2.04. The van der Waals surface area contributed by atoms with Crippen molar-refractivity contribution in [2.24, 2.45) is 11.8 Å². The minimum Gasteiger partial charge on any atom is -0.385 e. The summed E-state index contributed by atoms with van der Waals surface area (Å²) in [6.45, 7) is 3.21. The van der Waals surface area contributed by atoms with Crippen LogP contribution in [-0.4, -0.2) is 11.5 Å². The van der Waals surface area contributed by atoms with E-state index in [4.69, 9.17) is 0 Å². The first-order chi connectivity index (χ1) is 7.16. The van der Waals surface area contributed by atoms with Gasteiger partial charge in [0.05, 0.1) is 4.92 Å². The first-order valence-corrected chi connectivity index (χ1v) is 5.15. The second-order valence-corrected chi connectivity index (χ2v) is 4.16. The summed E-state index contributed by atoms with van der Waals surface area (Å²) in [4.78, 5) is 10.0. The SMILES string of the molecule is CC1CC1CNc1ccc([N+](=O)[O-])cc1. The number of nitrogens with one attached hydrogen (secondary N) is 1. The molecule has 0 aliphatic heterocycles. The molecule has 1 saturated carbocycles. The number of hydrogen-bond donors (Lipinski definition) is 1. The number of nitro benzene ring substituents is 1. The average molecular weight is 206 g/mol. The molecule has 0 aromatic heterocycles. The normalized spacial score (nSPS) is 23.5. The topological polar surface area (TPSA) is 55.2 Å². The minimum atomic E-state index is -0.382. The zero-order chi connectivity index (χ0) is 10.8. The van der Waals surface area contributed by atoms with Crippen LogP contribution in [-0.2, 0) is 0 Å². The van der Waals surface area contributed by atoms with Crippen molar-refractivity contribution in [1.82, 2.24) is 0 Å². The van der Waals surface area contributed by atoms with Gasteiger partial charge in [-0.25, -0.2) is 0 Å². The summed E-state index contributed by atoms with van der Waals surface area (Å²) >= 11 is 0. The number of non-ortho nitro benzene ring substituents is 1. The maximum absolute atomic E-state index is 10.4. The van der Waals surface area contributed by atoms with Gasteiger partial charge in [0, 0.05) is 24.4 Å². The Kier molecular flexibility index (Phi) is 2.58. The molecule has 1 aromatic rings. The van der Waals surface area contributed by atoms with Crippen molar-refractivity contribution in [2.45, 2.75) is 13.3 Å². The summed E-state index contributed by atoms with van der Waals surface area (Å²) in [5.74, 6) is 1.61. The Balaban J connectivity index is 1.89. The second kappa shape index (κ2) is 3.88. The first kappa shape index (κ1) is 9.96. The Hall–Kier alpha value is -1.58. The van der Waals surface area contributed by atoms with Crippen LogP contribution in [0.2, 0.25) is 0 Å². The molecule has 4 heteroatoms. The highest BCUT2D eigenvalue weighted by molar-refractivity contribution is 5.48. The summed E-state index contributed by atoms with van der Waals surface area (Å²) in [6.07, 6.45) is 1.29. The minimum absolute atomic E-state index is 0.139. The fourth-order valence-electron chi connectivity index (χ4n) is 1.63. The van der Waals surface area contributed by atoms with Crippen LogP contribution in [0.5, 0.6) is 0 Å². The summed E-state index contributed by atoms with van der Waals surface area (Å²) in [5, 5.41) is 13.7. The van der Waals surface area contributed by atoms with Gasteiger partial charge in [0.15, 0.2) is 0 Å². The highest BCUT2D eigenvalue weighted by atomic mass is 16.6. The predicted octanol–water partition coefficient (Wildman–Crippen LogP) is 2.66. The van der Waals surface area contributed by atoms with Crippen molar-refractivity contribution < 1.29 is 4.92 Å². The van der Waals surface area contributed by atoms with Crippen LogP contribution in [0.3, 0.4) is 0 Å². The number of nitrogens with zero attached hydrogens (tertiary/aromatic N) is 1. The number of nitro groups is 1. The average Bonchev–Trinajstić information content (AvgIpc) is 2.92. The summed E-state index contributed by atoms with van der Waals surface area (Å²) in [7, 11) is 0. The van der Waals surface area contributed by atoms with Crippen LogP contribution in [0.15, 0.2) is 24.3 Å². The smallest absolute Gasteiger partial charge is 0.269 e. The molecule has 2 rings (SSSR count). The van der Waals surface area contributed by atoms with Gasteiger partial charge >= 0.3 is 0 Å². The van der Waals surface area contributed by atoms with Gasteiger partial charge in [-0.05, 0) is 30.4 Å². The molecule has 0 amide bonds. The number of benzene rings is 1. The van der Waals surface area contributed by atoms with Crippen LogP contribution < -0.4 is 5.32 Å². The number of hydrogen-bond acceptors (Lipinski definition) is 3. The Morgan fingerprint density at radius 2 is 2.07 bits per heavy atom. The van der Waals surface area contributed by atoms with E-state index in [1.807, 2.05) is 0 Å². The second-order valence-electron chi connectivity index (χ2n) is 4.16. The predicted molar refractivity (Wildman–Crippen MR) is 58.9 cm³/mol. The third-order valence-electron chi connectivity index (χ3n) is 2.92. The molecule has 1 fully saturated rings. The van der Waals surface area contributed by atoms with E-state index < -0.39 is 0 Å². The van der Waals surface area contributed by atoms with Crippen molar-refractivity contribution in [3.63, 3.8) is 0 Å². The van der Waals surface area contributed by atoms with E-state index in [2.05, 4.69) is 12.2 Å². The van der Waals surface area contributed by atoms with E-state index in [-0.39, 0.29) is 10.6 Å². The van der Waals surface area contributed by atoms with E-state index >= 15 is 0 Å². The van der Waals surface area contributed by atoms with Gasteiger partial charge in [-0.3, -0.25) is 10.1 Å². The van der Waals surface area contributed by atoms with Crippen LogP contribution in [0.1, 0.15) is 13.3 Å². The third kappa shape index (κ3) is 2.46. The van der Waals surface area contributed by atoms with Gasteiger partial charge in [-0.15, -0.1) is 0 Å². The fraction of sp³-hybridized carbons (Fsp3) is 0.455. The third-order valence-corrected chi connectivity index (χ3v) is 2.92. The summed E-state index contributed by atoms with van der Waals surface area (Å²) < 4.78 is 0. The van der Waals surface area contributed by atoms with Gasteiger partial charge in [-0.2, -0.15) is 0 Å². The van der Waals surface area contributed by atoms with E-state index in [1.165, 1.54) is 18.6 Å². The Morgan fingerprint density at radius 1 is 1.47 bits per heavy atom. The molecule has 80 valence electrons. The number of rotatable bonds is 4. The van der Waals surface area contributed by atoms with Crippen LogP contribution in [0.4, 0.5) is 11.4 Å². The molecule has 2 atom stereocenters. The molecule has 0 bridgehead atoms. The molecule has 0 radical (unpaired) electrons. The molecule has 4 nitrogen and oxygen atoms in total. The molecular weight excluding hydrogens is 192 g/mol. The molecule has 2 unspecified atom stereocenters.